The van der Waals surface area contributed by atoms with Crippen molar-refractivity contribution in [3.63, 3.8) is 0 Å². The predicted molar refractivity (Wildman–Crippen MR) is 79.7 cm³/mol. The molecule has 1 aromatic rings. The third-order valence-corrected chi connectivity index (χ3v) is 3.14. The summed E-state index contributed by atoms with van der Waals surface area (Å²) in [6.07, 6.45) is 3.92. The molecule has 1 rings (SSSR count). The molecule has 0 N–H and O–H groups in total. The van der Waals surface area contributed by atoms with Gasteiger partial charge in [0.05, 0.1) is 13.2 Å². The molecule has 0 radical (unpaired) electrons. The second kappa shape index (κ2) is 8.97. The first kappa shape index (κ1) is 16.0. The average Bonchev–Trinajstić information content (AvgIpc) is 2.40. The number of carbonyl (C=O) groups is 1. The number of halogens is 1. The summed E-state index contributed by atoms with van der Waals surface area (Å²) >= 11 is 3.36. The van der Waals surface area contributed by atoms with E-state index in [0.29, 0.717) is 24.5 Å². The lowest BCUT2D eigenvalue weighted by Gasteiger charge is -2.11. The number of hydrogen-bond donors (Lipinski definition) is 0. The van der Waals surface area contributed by atoms with Gasteiger partial charge in [-0.2, -0.15) is 0 Å². The average molecular weight is 329 g/mol. The van der Waals surface area contributed by atoms with Crippen LogP contribution < -0.4 is 4.74 Å². The van der Waals surface area contributed by atoms with E-state index in [9.17, 15) is 4.79 Å². The van der Waals surface area contributed by atoms with Gasteiger partial charge >= 0.3 is 5.97 Å². The fourth-order valence-electron chi connectivity index (χ4n) is 1.50. The maximum atomic E-state index is 12.0. The first-order valence-corrected chi connectivity index (χ1v) is 7.57. The van der Waals surface area contributed by atoms with E-state index in [1.54, 1.807) is 12.1 Å². The van der Waals surface area contributed by atoms with Crippen LogP contribution >= 0.6 is 15.9 Å². The molecule has 0 heterocycles. The van der Waals surface area contributed by atoms with Crippen LogP contribution in [-0.4, -0.2) is 19.2 Å². The highest BCUT2D eigenvalue weighted by atomic mass is 79.9. The van der Waals surface area contributed by atoms with E-state index in [-0.39, 0.29) is 5.97 Å². The minimum absolute atomic E-state index is 0.318. The molecule has 106 valence electrons. The van der Waals surface area contributed by atoms with E-state index in [0.717, 1.165) is 30.2 Å². The molecule has 0 saturated carbocycles. The lowest BCUT2D eigenvalue weighted by molar-refractivity contribution is 0.0495. The summed E-state index contributed by atoms with van der Waals surface area (Å²) in [7, 11) is 0. The Labute approximate surface area is 123 Å². The van der Waals surface area contributed by atoms with Crippen molar-refractivity contribution < 1.29 is 14.3 Å². The molecule has 0 aliphatic rings. The second-order valence-electron chi connectivity index (χ2n) is 4.33. The summed E-state index contributed by atoms with van der Waals surface area (Å²) in [6.45, 7) is 5.24. The molecule has 0 amide bonds. The molecule has 0 spiro atoms. The molecule has 0 unspecified atom stereocenters. The molecule has 0 fully saturated rings. The summed E-state index contributed by atoms with van der Waals surface area (Å²) in [4.78, 5) is 12.0. The number of ether oxygens (including phenoxy) is 2. The minimum atomic E-state index is -0.318. The largest absolute Gasteiger partial charge is 0.493 e. The van der Waals surface area contributed by atoms with Gasteiger partial charge in [-0.1, -0.05) is 42.6 Å². The van der Waals surface area contributed by atoms with Crippen LogP contribution in [0.1, 0.15) is 49.9 Å². The van der Waals surface area contributed by atoms with Crippen molar-refractivity contribution in [2.45, 2.75) is 39.5 Å². The Bertz CT molecular complexity index is 404. The zero-order valence-corrected chi connectivity index (χ0v) is 13.2. The first-order valence-electron chi connectivity index (χ1n) is 6.78. The zero-order valence-electron chi connectivity index (χ0n) is 11.6. The van der Waals surface area contributed by atoms with Gasteiger partial charge in [-0.3, -0.25) is 0 Å². The Morgan fingerprint density at radius 1 is 1.16 bits per heavy atom. The van der Waals surface area contributed by atoms with E-state index in [2.05, 4.69) is 29.8 Å². The normalized spacial score (nSPS) is 10.3. The van der Waals surface area contributed by atoms with Gasteiger partial charge in [0.15, 0.2) is 0 Å². The molecule has 0 atom stereocenters. The van der Waals surface area contributed by atoms with E-state index >= 15 is 0 Å². The van der Waals surface area contributed by atoms with Gasteiger partial charge in [-0.25, -0.2) is 4.79 Å². The van der Waals surface area contributed by atoms with Crippen molar-refractivity contribution in [2.75, 3.05) is 13.2 Å². The highest BCUT2D eigenvalue weighted by Crippen LogP contribution is 2.24. The van der Waals surface area contributed by atoms with Crippen molar-refractivity contribution in [1.29, 1.82) is 0 Å². The SMILES string of the molecule is CCCCOC(=O)c1cc(Br)ccc1OCCCC. The third-order valence-electron chi connectivity index (χ3n) is 2.65. The lowest BCUT2D eigenvalue weighted by Crippen LogP contribution is -2.09. The fourth-order valence-corrected chi connectivity index (χ4v) is 1.86. The van der Waals surface area contributed by atoms with Gasteiger partial charge in [0, 0.05) is 4.47 Å². The van der Waals surface area contributed by atoms with E-state index in [1.165, 1.54) is 0 Å². The van der Waals surface area contributed by atoms with Crippen molar-refractivity contribution in [3.05, 3.63) is 28.2 Å². The highest BCUT2D eigenvalue weighted by Gasteiger charge is 2.14. The van der Waals surface area contributed by atoms with Crippen molar-refractivity contribution in [2.24, 2.45) is 0 Å². The molecule has 1 aromatic carbocycles. The quantitative estimate of drug-likeness (QED) is 0.517. The van der Waals surface area contributed by atoms with Gasteiger partial charge in [0.1, 0.15) is 11.3 Å². The Balaban J connectivity index is 2.72. The van der Waals surface area contributed by atoms with E-state index < -0.39 is 0 Å². The smallest absolute Gasteiger partial charge is 0.341 e. The molecule has 3 nitrogen and oxygen atoms in total. The first-order chi connectivity index (χ1) is 9.19. The highest BCUT2D eigenvalue weighted by molar-refractivity contribution is 9.10. The van der Waals surface area contributed by atoms with Crippen molar-refractivity contribution in [3.8, 4) is 5.75 Å². The number of unbranched alkanes of at least 4 members (excludes halogenated alkanes) is 2. The van der Waals surface area contributed by atoms with Gasteiger partial charge in [-0.15, -0.1) is 0 Å². The second-order valence-corrected chi connectivity index (χ2v) is 5.25. The monoisotopic (exact) mass is 328 g/mol. The molecule has 0 aliphatic carbocycles. The van der Waals surface area contributed by atoms with Crippen LogP contribution in [0.4, 0.5) is 0 Å². The van der Waals surface area contributed by atoms with Crippen LogP contribution in [0.15, 0.2) is 22.7 Å². The summed E-state index contributed by atoms with van der Waals surface area (Å²) in [5, 5.41) is 0. The van der Waals surface area contributed by atoms with E-state index in [1.807, 2.05) is 6.07 Å². The fraction of sp³-hybridized carbons (Fsp3) is 0.533. The number of rotatable bonds is 8. The standard InChI is InChI=1S/C15H21BrO3/c1-3-5-9-18-14-8-7-12(16)11-13(14)15(17)19-10-6-4-2/h7-8,11H,3-6,9-10H2,1-2H3. The minimum Gasteiger partial charge on any atom is -0.493 e. The van der Waals surface area contributed by atoms with Crippen molar-refractivity contribution in [1.82, 2.24) is 0 Å². The Kier molecular flexibility index (Phi) is 7.56. The molecule has 19 heavy (non-hydrogen) atoms. The molecular weight excluding hydrogens is 308 g/mol. The number of esters is 1. The van der Waals surface area contributed by atoms with E-state index in [4.69, 9.17) is 9.47 Å². The van der Waals surface area contributed by atoms with Crippen LogP contribution in [0.3, 0.4) is 0 Å². The van der Waals surface area contributed by atoms with Crippen LogP contribution in [-0.2, 0) is 4.74 Å². The maximum absolute atomic E-state index is 12.0. The number of benzene rings is 1. The lowest BCUT2D eigenvalue weighted by atomic mass is 10.2. The van der Waals surface area contributed by atoms with Gasteiger partial charge < -0.3 is 9.47 Å². The molecule has 0 saturated heterocycles. The zero-order chi connectivity index (χ0) is 14.1. The van der Waals surface area contributed by atoms with Crippen LogP contribution in [0.25, 0.3) is 0 Å². The summed E-state index contributed by atoms with van der Waals surface area (Å²) in [6, 6.07) is 5.41. The maximum Gasteiger partial charge on any atom is 0.341 e. The van der Waals surface area contributed by atoms with Crippen molar-refractivity contribution >= 4 is 21.9 Å². The van der Waals surface area contributed by atoms with Gasteiger partial charge in [0.25, 0.3) is 0 Å². The molecular formula is C15H21BrO3. The molecule has 0 aromatic heterocycles. The molecule has 0 bridgehead atoms. The Morgan fingerprint density at radius 3 is 2.53 bits per heavy atom. The summed E-state index contributed by atoms with van der Waals surface area (Å²) in [5.41, 5.74) is 0.488. The number of carbonyl (C=O) groups excluding carboxylic acids is 1. The van der Waals surface area contributed by atoms with Crippen LogP contribution in [0.2, 0.25) is 0 Å². The summed E-state index contributed by atoms with van der Waals surface area (Å²) in [5.74, 6) is 0.277. The van der Waals surface area contributed by atoms with Gasteiger partial charge in [-0.05, 0) is 31.0 Å². The third kappa shape index (κ3) is 5.64. The summed E-state index contributed by atoms with van der Waals surface area (Å²) < 4.78 is 11.7. The topological polar surface area (TPSA) is 35.5 Å². The number of hydrogen-bond acceptors (Lipinski definition) is 3. The Morgan fingerprint density at radius 2 is 1.84 bits per heavy atom. The van der Waals surface area contributed by atoms with Crippen LogP contribution in [0, 0.1) is 0 Å². The van der Waals surface area contributed by atoms with Gasteiger partial charge in [0.2, 0.25) is 0 Å². The van der Waals surface area contributed by atoms with Crippen LogP contribution in [0.5, 0.6) is 5.75 Å². The predicted octanol–water partition coefficient (Wildman–Crippen LogP) is 4.58. The Hall–Kier alpha value is -1.03. The molecule has 4 heteroatoms. The molecule has 0 aliphatic heterocycles.